The number of carbonyl (C=O) groups is 1. The fraction of sp³-hybridized carbons (Fsp3) is 0.400. The van der Waals surface area contributed by atoms with Crippen molar-refractivity contribution in [1.29, 1.82) is 0 Å². The van der Waals surface area contributed by atoms with Crippen molar-refractivity contribution < 1.29 is 32.1 Å². The number of benzene rings is 1. The summed E-state index contributed by atoms with van der Waals surface area (Å²) in [5, 5.41) is 0. The fourth-order valence-corrected chi connectivity index (χ4v) is 2.89. The Morgan fingerprint density at radius 1 is 1.26 bits per heavy atom. The molecular formula is C15H20FO6P. The van der Waals surface area contributed by atoms with E-state index in [4.69, 9.17) is 13.6 Å². The van der Waals surface area contributed by atoms with Crippen LogP contribution in [0.2, 0.25) is 0 Å². The van der Waals surface area contributed by atoms with Crippen molar-refractivity contribution in [2.75, 3.05) is 20.3 Å². The maximum absolute atomic E-state index is 13.6. The number of rotatable bonds is 9. The van der Waals surface area contributed by atoms with Gasteiger partial charge in [-0.25, -0.2) is 13.8 Å². The Labute approximate surface area is 134 Å². The molecule has 23 heavy (non-hydrogen) atoms. The third-order valence-electron chi connectivity index (χ3n) is 2.61. The van der Waals surface area contributed by atoms with Crippen LogP contribution < -0.4 is 0 Å². The molecule has 0 fully saturated rings. The van der Waals surface area contributed by atoms with E-state index < -0.39 is 25.7 Å². The van der Waals surface area contributed by atoms with Crippen LogP contribution in [0.5, 0.6) is 0 Å². The summed E-state index contributed by atoms with van der Waals surface area (Å²) in [6, 6.07) is 5.98. The van der Waals surface area contributed by atoms with E-state index in [0.717, 1.165) is 7.11 Å². The molecule has 0 aliphatic rings. The van der Waals surface area contributed by atoms with Gasteiger partial charge in [0.05, 0.1) is 20.3 Å². The molecular weight excluding hydrogens is 326 g/mol. The summed E-state index contributed by atoms with van der Waals surface area (Å²) in [5.41, 5.74) is 0.243. The first-order chi connectivity index (χ1) is 11.0. The van der Waals surface area contributed by atoms with E-state index >= 15 is 0 Å². The Bertz CT molecular complexity index is 579. The van der Waals surface area contributed by atoms with Gasteiger partial charge < -0.3 is 4.74 Å². The molecule has 8 heteroatoms. The van der Waals surface area contributed by atoms with Crippen LogP contribution in [0.3, 0.4) is 0 Å². The highest BCUT2D eigenvalue weighted by atomic mass is 31.2. The number of phosphoric acid groups is 1. The molecule has 0 amide bonds. The number of halogens is 1. The van der Waals surface area contributed by atoms with E-state index in [0.29, 0.717) is 0 Å². The van der Waals surface area contributed by atoms with Crippen molar-refractivity contribution in [2.24, 2.45) is 0 Å². The van der Waals surface area contributed by atoms with Crippen LogP contribution in [0.25, 0.3) is 6.08 Å². The van der Waals surface area contributed by atoms with E-state index in [9.17, 15) is 13.8 Å². The minimum atomic E-state index is -3.92. The molecule has 0 bridgehead atoms. The van der Waals surface area contributed by atoms with Crippen LogP contribution in [0, 0.1) is 5.82 Å². The van der Waals surface area contributed by atoms with Crippen molar-refractivity contribution in [2.45, 2.75) is 20.0 Å². The Kier molecular flexibility index (Phi) is 8.12. The summed E-state index contributed by atoms with van der Waals surface area (Å²) in [5.74, 6) is -1.28. The van der Waals surface area contributed by atoms with Gasteiger partial charge in [0.1, 0.15) is 5.82 Å². The molecule has 0 aliphatic heterocycles. The Hall–Kier alpha value is -1.53. The molecule has 0 aliphatic carbocycles. The first kappa shape index (κ1) is 19.5. The first-order valence-electron chi connectivity index (χ1n) is 7.03. The van der Waals surface area contributed by atoms with Crippen LogP contribution in [-0.4, -0.2) is 32.4 Å². The molecule has 0 aromatic heterocycles. The Balaban J connectivity index is 2.98. The zero-order valence-corrected chi connectivity index (χ0v) is 14.1. The highest BCUT2D eigenvalue weighted by Gasteiger charge is 2.33. The lowest BCUT2D eigenvalue weighted by molar-refractivity contribution is -0.147. The fourth-order valence-electron chi connectivity index (χ4n) is 1.63. The largest absolute Gasteiger partial charge is 0.475 e. The van der Waals surface area contributed by atoms with Crippen molar-refractivity contribution in [3.05, 3.63) is 41.7 Å². The SMILES string of the molecule is CCOP(=O)(OCC)OC(/C=C/c1ccccc1F)C(=O)OC. The molecule has 0 saturated carbocycles. The summed E-state index contributed by atoms with van der Waals surface area (Å²) in [6.07, 6.45) is 1.21. The minimum absolute atomic E-state index is 0.0716. The summed E-state index contributed by atoms with van der Waals surface area (Å²) in [7, 11) is -2.77. The van der Waals surface area contributed by atoms with Crippen molar-refractivity contribution in [3.8, 4) is 0 Å². The summed E-state index contributed by atoms with van der Waals surface area (Å²) in [6.45, 7) is 3.36. The van der Waals surface area contributed by atoms with Gasteiger partial charge >= 0.3 is 13.8 Å². The highest BCUT2D eigenvalue weighted by Crippen LogP contribution is 2.50. The molecule has 1 aromatic rings. The maximum atomic E-state index is 13.6. The number of hydrogen-bond acceptors (Lipinski definition) is 6. The van der Waals surface area contributed by atoms with Gasteiger partial charge in [-0.1, -0.05) is 24.3 Å². The second kappa shape index (κ2) is 9.57. The minimum Gasteiger partial charge on any atom is -0.467 e. The molecule has 0 spiro atoms. The number of phosphoric ester groups is 1. The molecule has 0 N–H and O–H groups in total. The van der Waals surface area contributed by atoms with Crippen LogP contribution >= 0.6 is 7.82 Å². The number of methoxy groups -OCH3 is 1. The standard InChI is InChI=1S/C15H20FO6P/c1-4-20-23(18,21-5-2)22-14(15(17)19-3)11-10-12-8-6-7-9-13(12)16/h6-11,14H,4-5H2,1-3H3/b11-10+. The second-order valence-electron chi connectivity index (χ2n) is 4.21. The summed E-state index contributed by atoms with van der Waals surface area (Å²) < 4.78 is 45.6. The van der Waals surface area contributed by atoms with E-state index in [-0.39, 0.29) is 18.8 Å². The predicted octanol–water partition coefficient (Wildman–Crippen LogP) is 3.58. The highest BCUT2D eigenvalue weighted by molar-refractivity contribution is 7.48. The van der Waals surface area contributed by atoms with Gasteiger partial charge in [0.2, 0.25) is 0 Å². The third kappa shape index (κ3) is 6.23. The molecule has 0 saturated heterocycles. The van der Waals surface area contributed by atoms with Crippen LogP contribution in [-0.2, 0) is 27.7 Å². The lowest BCUT2D eigenvalue weighted by Crippen LogP contribution is -2.23. The maximum Gasteiger partial charge on any atom is 0.475 e. The van der Waals surface area contributed by atoms with E-state index in [2.05, 4.69) is 4.74 Å². The molecule has 1 rings (SSSR count). The van der Waals surface area contributed by atoms with Gasteiger partial charge in [-0.15, -0.1) is 0 Å². The molecule has 1 atom stereocenters. The van der Waals surface area contributed by atoms with E-state index in [1.54, 1.807) is 26.0 Å². The lowest BCUT2D eigenvalue weighted by Gasteiger charge is -2.20. The Morgan fingerprint density at radius 2 is 1.87 bits per heavy atom. The summed E-state index contributed by atoms with van der Waals surface area (Å²) >= 11 is 0. The van der Waals surface area contributed by atoms with Crippen molar-refractivity contribution in [1.82, 2.24) is 0 Å². The van der Waals surface area contributed by atoms with Gasteiger partial charge in [0, 0.05) is 5.56 Å². The molecule has 1 aromatic carbocycles. The number of ether oxygens (including phenoxy) is 1. The molecule has 0 heterocycles. The molecule has 1 unspecified atom stereocenters. The molecule has 0 radical (unpaired) electrons. The van der Waals surface area contributed by atoms with Crippen LogP contribution in [0.15, 0.2) is 30.3 Å². The monoisotopic (exact) mass is 346 g/mol. The van der Waals surface area contributed by atoms with Gasteiger partial charge in [-0.3, -0.25) is 13.6 Å². The first-order valence-corrected chi connectivity index (χ1v) is 8.50. The van der Waals surface area contributed by atoms with Gasteiger partial charge in [-0.2, -0.15) is 0 Å². The van der Waals surface area contributed by atoms with Crippen LogP contribution in [0.1, 0.15) is 19.4 Å². The quantitative estimate of drug-likeness (QED) is 0.503. The number of carbonyl (C=O) groups excluding carboxylic acids is 1. The Morgan fingerprint density at radius 3 is 2.39 bits per heavy atom. The average Bonchev–Trinajstić information content (AvgIpc) is 2.52. The average molecular weight is 346 g/mol. The van der Waals surface area contributed by atoms with E-state index in [1.807, 2.05) is 0 Å². The zero-order valence-electron chi connectivity index (χ0n) is 13.2. The van der Waals surface area contributed by atoms with Crippen molar-refractivity contribution >= 4 is 19.9 Å². The second-order valence-corrected chi connectivity index (χ2v) is 5.83. The van der Waals surface area contributed by atoms with Gasteiger partial charge in [0.25, 0.3) is 0 Å². The zero-order chi connectivity index (χ0) is 17.3. The lowest BCUT2D eigenvalue weighted by atomic mass is 10.2. The van der Waals surface area contributed by atoms with Gasteiger partial charge in [0.15, 0.2) is 6.10 Å². The van der Waals surface area contributed by atoms with Crippen LogP contribution in [0.4, 0.5) is 4.39 Å². The van der Waals surface area contributed by atoms with E-state index in [1.165, 1.54) is 24.3 Å². The van der Waals surface area contributed by atoms with Crippen molar-refractivity contribution in [3.63, 3.8) is 0 Å². The molecule has 6 nitrogen and oxygen atoms in total. The topological polar surface area (TPSA) is 71.1 Å². The van der Waals surface area contributed by atoms with Gasteiger partial charge in [-0.05, 0) is 26.0 Å². The normalized spacial score (nSPS) is 13.2. The molecule has 128 valence electrons. The summed E-state index contributed by atoms with van der Waals surface area (Å²) in [4.78, 5) is 11.8. The number of esters is 1. The number of hydrogen-bond donors (Lipinski definition) is 0. The smallest absolute Gasteiger partial charge is 0.467 e. The predicted molar refractivity (Wildman–Crippen MR) is 83.2 cm³/mol. The third-order valence-corrected chi connectivity index (χ3v) is 4.24.